The molecule has 1 N–H and O–H groups in total. The van der Waals surface area contributed by atoms with Crippen LogP contribution in [0.2, 0.25) is 0 Å². The Labute approximate surface area is 120 Å². The van der Waals surface area contributed by atoms with Crippen LogP contribution in [0.1, 0.15) is 24.2 Å². The Morgan fingerprint density at radius 3 is 2.74 bits per heavy atom. The molecule has 0 saturated carbocycles. The summed E-state index contributed by atoms with van der Waals surface area (Å²) in [5, 5.41) is 9.63. The van der Waals surface area contributed by atoms with Crippen molar-refractivity contribution in [3.63, 3.8) is 0 Å². The van der Waals surface area contributed by atoms with E-state index in [1.54, 1.807) is 6.92 Å². The molecule has 2 aromatic rings. The molecule has 100 valence electrons. The first-order valence-electron chi connectivity index (χ1n) is 5.91. The molecule has 2 aromatic carbocycles. The fourth-order valence-corrected chi connectivity index (χ4v) is 2.21. The van der Waals surface area contributed by atoms with Gasteiger partial charge in [0.2, 0.25) is 0 Å². The third-order valence-electron chi connectivity index (χ3n) is 2.71. The lowest BCUT2D eigenvalue weighted by Gasteiger charge is -2.13. The van der Waals surface area contributed by atoms with Gasteiger partial charge >= 0.3 is 0 Å². The van der Waals surface area contributed by atoms with Crippen molar-refractivity contribution in [3.8, 4) is 5.75 Å². The van der Waals surface area contributed by atoms with Gasteiger partial charge in [0.15, 0.2) is 0 Å². The van der Waals surface area contributed by atoms with Gasteiger partial charge in [-0.2, -0.15) is 0 Å². The van der Waals surface area contributed by atoms with Crippen LogP contribution >= 0.6 is 15.9 Å². The maximum Gasteiger partial charge on any atom is 0.128 e. The maximum absolute atomic E-state index is 13.2. The third-order valence-corrected chi connectivity index (χ3v) is 3.20. The van der Waals surface area contributed by atoms with Crippen LogP contribution in [0.25, 0.3) is 0 Å². The fraction of sp³-hybridized carbons (Fsp3) is 0.200. The topological polar surface area (TPSA) is 29.5 Å². The summed E-state index contributed by atoms with van der Waals surface area (Å²) in [6, 6.07) is 11.8. The molecular formula is C15H14BrFO2. The molecule has 4 heteroatoms. The highest BCUT2D eigenvalue weighted by molar-refractivity contribution is 9.10. The fourth-order valence-electron chi connectivity index (χ4n) is 1.77. The van der Waals surface area contributed by atoms with Gasteiger partial charge in [-0.3, -0.25) is 0 Å². The Balaban J connectivity index is 2.17. The Morgan fingerprint density at radius 1 is 1.26 bits per heavy atom. The molecular weight excluding hydrogens is 311 g/mol. The second kappa shape index (κ2) is 6.17. The lowest BCUT2D eigenvalue weighted by molar-refractivity contribution is 0.190. The maximum atomic E-state index is 13.2. The van der Waals surface area contributed by atoms with Crippen LogP contribution in [-0.2, 0) is 6.61 Å². The zero-order chi connectivity index (χ0) is 13.8. The zero-order valence-corrected chi connectivity index (χ0v) is 12.0. The van der Waals surface area contributed by atoms with Gasteiger partial charge in [-0.25, -0.2) is 4.39 Å². The molecule has 2 rings (SSSR count). The molecule has 0 radical (unpaired) electrons. The van der Waals surface area contributed by atoms with E-state index in [1.165, 1.54) is 18.2 Å². The van der Waals surface area contributed by atoms with E-state index in [0.717, 1.165) is 10.0 Å². The smallest absolute Gasteiger partial charge is 0.128 e. The monoisotopic (exact) mass is 324 g/mol. The van der Waals surface area contributed by atoms with Crippen molar-refractivity contribution in [1.29, 1.82) is 0 Å². The second-order valence-electron chi connectivity index (χ2n) is 4.28. The molecule has 1 atom stereocenters. The van der Waals surface area contributed by atoms with Gasteiger partial charge in [0.25, 0.3) is 0 Å². The van der Waals surface area contributed by atoms with E-state index < -0.39 is 6.10 Å². The van der Waals surface area contributed by atoms with Crippen LogP contribution in [-0.4, -0.2) is 5.11 Å². The largest absolute Gasteiger partial charge is 0.488 e. The van der Waals surface area contributed by atoms with Crippen molar-refractivity contribution >= 4 is 15.9 Å². The van der Waals surface area contributed by atoms with Crippen molar-refractivity contribution in [2.75, 3.05) is 0 Å². The number of hydrogen-bond acceptors (Lipinski definition) is 2. The van der Waals surface area contributed by atoms with Crippen molar-refractivity contribution in [2.24, 2.45) is 0 Å². The minimum atomic E-state index is -0.696. The van der Waals surface area contributed by atoms with E-state index in [2.05, 4.69) is 15.9 Å². The number of halogens is 2. The van der Waals surface area contributed by atoms with Crippen LogP contribution in [0.4, 0.5) is 4.39 Å². The predicted octanol–water partition coefficient (Wildman–Crippen LogP) is 4.22. The molecule has 0 bridgehead atoms. The predicted molar refractivity (Wildman–Crippen MR) is 75.5 cm³/mol. The molecule has 0 spiro atoms. The molecule has 0 unspecified atom stereocenters. The number of aliphatic hydroxyl groups excluding tert-OH is 1. The molecule has 0 heterocycles. The van der Waals surface area contributed by atoms with E-state index >= 15 is 0 Å². The molecule has 0 aliphatic carbocycles. The highest BCUT2D eigenvalue weighted by Gasteiger charge is 2.10. The zero-order valence-electron chi connectivity index (χ0n) is 10.4. The molecule has 0 fully saturated rings. The van der Waals surface area contributed by atoms with Crippen LogP contribution in [0.3, 0.4) is 0 Å². The molecule has 0 amide bonds. The minimum absolute atomic E-state index is 0.322. The third kappa shape index (κ3) is 3.78. The van der Waals surface area contributed by atoms with Crippen LogP contribution in [0.15, 0.2) is 46.9 Å². The number of ether oxygens (including phenoxy) is 1. The van der Waals surface area contributed by atoms with E-state index in [1.807, 2.05) is 24.3 Å². The van der Waals surface area contributed by atoms with Crippen molar-refractivity contribution < 1.29 is 14.2 Å². The average molecular weight is 325 g/mol. The van der Waals surface area contributed by atoms with Gasteiger partial charge in [0.1, 0.15) is 18.2 Å². The van der Waals surface area contributed by atoms with Gasteiger partial charge in [0.05, 0.1) is 6.10 Å². The summed E-state index contributed by atoms with van der Waals surface area (Å²) in [4.78, 5) is 0. The summed E-state index contributed by atoms with van der Waals surface area (Å²) in [6.07, 6.45) is -0.696. The summed E-state index contributed by atoms with van der Waals surface area (Å²) in [6.45, 7) is 1.95. The number of aliphatic hydroxyl groups is 1. The highest BCUT2D eigenvalue weighted by atomic mass is 79.9. The van der Waals surface area contributed by atoms with E-state index in [-0.39, 0.29) is 5.82 Å². The van der Waals surface area contributed by atoms with E-state index in [0.29, 0.717) is 17.9 Å². The number of hydrogen-bond donors (Lipinski definition) is 1. The van der Waals surface area contributed by atoms with Crippen molar-refractivity contribution in [2.45, 2.75) is 19.6 Å². The second-order valence-corrected chi connectivity index (χ2v) is 5.19. The first-order valence-corrected chi connectivity index (χ1v) is 6.70. The molecule has 0 aliphatic rings. The molecule has 2 nitrogen and oxygen atoms in total. The van der Waals surface area contributed by atoms with Crippen molar-refractivity contribution in [3.05, 3.63) is 63.9 Å². The Bertz CT molecular complexity index is 570. The van der Waals surface area contributed by atoms with Crippen LogP contribution in [0.5, 0.6) is 5.75 Å². The Morgan fingerprint density at radius 2 is 2.05 bits per heavy atom. The highest BCUT2D eigenvalue weighted by Crippen LogP contribution is 2.27. The number of benzene rings is 2. The lowest BCUT2D eigenvalue weighted by Crippen LogP contribution is -2.01. The minimum Gasteiger partial charge on any atom is -0.488 e. The Hall–Kier alpha value is -1.39. The van der Waals surface area contributed by atoms with Gasteiger partial charge < -0.3 is 9.84 Å². The number of rotatable bonds is 4. The summed E-state index contributed by atoms with van der Waals surface area (Å²) in [7, 11) is 0. The average Bonchev–Trinajstić information content (AvgIpc) is 2.36. The normalized spacial score (nSPS) is 12.2. The SMILES string of the molecule is C[C@H](O)c1ccc(F)cc1OCc1cccc(Br)c1. The van der Waals surface area contributed by atoms with Gasteiger partial charge in [0, 0.05) is 16.1 Å². The summed E-state index contributed by atoms with van der Waals surface area (Å²) < 4.78 is 19.8. The van der Waals surface area contributed by atoms with Crippen molar-refractivity contribution in [1.82, 2.24) is 0 Å². The summed E-state index contributed by atoms with van der Waals surface area (Å²) in [5.74, 6) is -0.0105. The summed E-state index contributed by atoms with van der Waals surface area (Å²) >= 11 is 3.38. The Kier molecular flexibility index (Phi) is 4.56. The standard InChI is InChI=1S/C15H14BrFO2/c1-10(18)14-6-5-13(17)8-15(14)19-9-11-3-2-4-12(16)7-11/h2-8,10,18H,9H2,1H3/t10-/m0/s1. The quantitative estimate of drug-likeness (QED) is 0.912. The van der Waals surface area contributed by atoms with Gasteiger partial charge in [-0.05, 0) is 36.8 Å². The molecule has 0 saturated heterocycles. The summed E-state index contributed by atoms with van der Waals surface area (Å²) in [5.41, 5.74) is 1.55. The first kappa shape index (κ1) is 14.0. The lowest BCUT2D eigenvalue weighted by atomic mass is 10.1. The first-order chi connectivity index (χ1) is 9.06. The van der Waals surface area contributed by atoms with Crippen LogP contribution in [0, 0.1) is 5.82 Å². The van der Waals surface area contributed by atoms with E-state index in [9.17, 15) is 9.50 Å². The molecule has 0 aromatic heterocycles. The van der Waals surface area contributed by atoms with Crippen LogP contribution < -0.4 is 4.74 Å². The molecule has 19 heavy (non-hydrogen) atoms. The van der Waals surface area contributed by atoms with Gasteiger partial charge in [-0.1, -0.05) is 28.1 Å². The molecule has 0 aliphatic heterocycles. The van der Waals surface area contributed by atoms with Gasteiger partial charge in [-0.15, -0.1) is 0 Å². The van der Waals surface area contributed by atoms with E-state index in [4.69, 9.17) is 4.74 Å².